The first kappa shape index (κ1) is 15.0. The van der Waals surface area contributed by atoms with Crippen LogP contribution >= 0.6 is 15.9 Å². The van der Waals surface area contributed by atoms with Gasteiger partial charge in [-0.1, -0.05) is 6.58 Å². The normalized spacial score (nSPS) is 11.9. The molecule has 0 aliphatic heterocycles. The van der Waals surface area contributed by atoms with Crippen LogP contribution in [0.25, 0.3) is 0 Å². The molecule has 0 bridgehead atoms. The quantitative estimate of drug-likeness (QED) is 0.759. The van der Waals surface area contributed by atoms with Gasteiger partial charge in [-0.05, 0) is 28.1 Å². The summed E-state index contributed by atoms with van der Waals surface area (Å²) in [4.78, 5) is 3.92. The standard InChI is InChI=1S/C12H14BrN3O3S/c1-2-20(17,18)16(8-7-15-6-5-14-10-15)9-11-3-4-12(13)19-11/h2-6,10H,1,7-9H2. The van der Waals surface area contributed by atoms with E-state index in [4.69, 9.17) is 4.42 Å². The van der Waals surface area contributed by atoms with E-state index < -0.39 is 10.0 Å². The maximum absolute atomic E-state index is 12.0. The summed E-state index contributed by atoms with van der Waals surface area (Å²) in [6.45, 7) is 4.34. The molecule has 108 valence electrons. The fraction of sp³-hybridized carbons (Fsp3) is 0.250. The van der Waals surface area contributed by atoms with Crippen LogP contribution < -0.4 is 0 Å². The van der Waals surface area contributed by atoms with Crippen LogP contribution in [-0.2, 0) is 23.1 Å². The van der Waals surface area contributed by atoms with Crippen LogP contribution in [0.1, 0.15) is 5.76 Å². The van der Waals surface area contributed by atoms with E-state index in [1.807, 2.05) is 4.57 Å². The van der Waals surface area contributed by atoms with Crippen LogP contribution in [0.15, 0.2) is 51.9 Å². The van der Waals surface area contributed by atoms with E-state index in [1.165, 1.54) is 4.31 Å². The number of furan rings is 1. The lowest BCUT2D eigenvalue weighted by Crippen LogP contribution is -2.31. The molecule has 20 heavy (non-hydrogen) atoms. The van der Waals surface area contributed by atoms with Gasteiger partial charge in [-0.3, -0.25) is 0 Å². The largest absolute Gasteiger partial charge is 0.453 e. The van der Waals surface area contributed by atoms with Crippen LogP contribution in [0, 0.1) is 0 Å². The van der Waals surface area contributed by atoms with Crippen molar-refractivity contribution >= 4 is 26.0 Å². The third-order valence-electron chi connectivity index (χ3n) is 2.70. The molecule has 2 heterocycles. The molecule has 2 rings (SSSR count). The minimum absolute atomic E-state index is 0.161. The molecule has 0 radical (unpaired) electrons. The molecule has 6 nitrogen and oxygen atoms in total. The molecular formula is C12H14BrN3O3S. The number of halogens is 1. The average molecular weight is 360 g/mol. The number of rotatable bonds is 7. The molecule has 0 fully saturated rings. The van der Waals surface area contributed by atoms with Crippen molar-refractivity contribution < 1.29 is 12.8 Å². The van der Waals surface area contributed by atoms with Gasteiger partial charge in [-0.25, -0.2) is 13.4 Å². The van der Waals surface area contributed by atoms with Crippen LogP contribution in [0.3, 0.4) is 0 Å². The van der Waals surface area contributed by atoms with Gasteiger partial charge in [0.2, 0.25) is 10.0 Å². The zero-order valence-electron chi connectivity index (χ0n) is 10.6. The Labute approximate surface area is 125 Å². The highest BCUT2D eigenvalue weighted by Gasteiger charge is 2.20. The monoisotopic (exact) mass is 359 g/mol. The topological polar surface area (TPSA) is 68.3 Å². The Kier molecular flexibility index (Phi) is 4.79. The molecule has 2 aromatic rings. The van der Waals surface area contributed by atoms with Gasteiger partial charge in [0.15, 0.2) is 4.67 Å². The van der Waals surface area contributed by atoms with Gasteiger partial charge in [-0.15, -0.1) is 0 Å². The Bertz CT molecular complexity index is 664. The summed E-state index contributed by atoms with van der Waals surface area (Å²) >= 11 is 3.19. The van der Waals surface area contributed by atoms with Gasteiger partial charge in [0.1, 0.15) is 5.76 Å². The van der Waals surface area contributed by atoms with Gasteiger partial charge >= 0.3 is 0 Å². The van der Waals surface area contributed by atoms with E-state index in [0.29, 0.717) is 23.5 Å². The molecule has 0 saturated carbocycles. The van der Waals surface area contributed by atoms with Crippen molar-refractivity contribution in [3.8, 4) is 0 Å². The lowest BCUT2D eigenvalue weighted by Gasteiger charge is -2.19. The summed E-state index contributed by atoms with van der Waals surface area (Å²) in [6, 6.07) is 3.46. The van der Waals surface area contributed by atoms with Gasteiger partial charge in [0.25, 0.3) is 0 Å². The second-order valence-corrected chi connectivity index (χ2v) is 6.71. The predicted molar refractivity (Wildman–Crippen MR) is 78.2 cm³/mol. The van der Waals surface area contributed by atoms with E-state index in [9.17, 15) is 8.42 Å². The molecule has 0 aromatic carbocycles. The van der Waals surface area contributed by atoms with Crippen LogP contribution in [-0.4, -0.2) is 28.8 Å². The molecule has 0 unspecified atom stereocenters. The molecule has 0 aliphatic rings. The number of nitrogens with zero attached hydrogens (tertiary/aromatic N) is 3. The van der Waals surface area contributed by atoms with Crippen LogP contribution in [0.2, 0.25) is 0 Å². The molecule has 0 atom stereocenters. The minimum Gasteiger partial charge on any atom is -0.453 e. The van der Waals surface area contributed by atoms with Gasteiger partial charge in [0, 0.05) is 30.9 Å². The number of imidazole rings is 1. The lowest BCUT2D eigenvalue weighted by atomic mass is 10.4. The lowest BCUT2D eigenvalue weighted by molar-refractivity contribution is 0.350. The predicted octanol–water partition coefficient (Wildman–Crippen LogP) is 2.21. The molecule has 0 aliphatic carbocycles. The summed E-state index contributed by atoms with van der Waals surface area (Å²) in [5.41, 5.74) is 0. The highest BCUT2D eigenvalue weighted by molar-refractivity contribution is 9.10. The summed E-state index contributed by atoms with van der Waals surface area (Å²) in [6.07, 6.45) is 5.07. The number of sulfonamides is 1. The minimum atomic E-state index is -3.51. The Morgan fingerprint density at radius 2 is 2.30 bits per heavy atom. The van der Waals surface area contributed by atoms with E-state index in [-0.39, 0.29) is 6.54 Å². The first-order valence-electron chi connectivity index (χ1n) is 5.84. The Hall–Kier alpha value is -1.38. The first-order valence-corrected chi connectivity index (χ1v) is 8.13. The SMILES string of the molecule is C=CS(=O)(=O)N(CCn1ccnc1)Cc1ccc(Br)o1. The maximum Gasteiger partial charge on any atom is 0.236 e. The van der Waals surface area contributed by atoms with E-state index in [1.54, 1.807) is 30.9 Å². The first-order chi connectivity index (χ1) is 9.51. The Balaban J connectivity index is 2.10. The number of hydrogen-bond donors (Lipinski definition) is 0. The van der Waals surface area contributed by atoms with Crippen molar-refractivity contribution in [3.63, 3.8) is 0 Å². The van der Waals surface area contributed by atoms with Gasteiger partial charge in [0.05, 0.1) is 12.9 Å². The van der Waals surface area contributed by atoms with Crippen LogP contribution in [0.4, 0.5) is 0 Å². The zero-order valence-corrected chi connectivity index (χ0v) is 13.0. The van der Waals surface area contributed by atoms with Crippen molar-refractivity contribution in [1.29, 1.82) is 0 Å². The second-order valence-electron chi connectivity index (χ2n) is 4.05. The second kappa shape index (κ2) is 6.38. The molecule has 8 heteroatoms. The van der Waals surface area contributed by atoms with Crippen molar-refractivity contribution in [2.24, 2.45) is 0 Å². The molecule has 0 spiro atoms. The van der Waals surface area contributed by atoms with Crippen molar-refractivity contribution in [2.45, 2.75) is 13.1 Å². The molecular weight excluding hydrogens is 346 g/mol. The number of aromatic nitrogens is 2. The van der Waals surface area contributed by atoms with E-state index in [0.717, 1.165) is 5.41 Å². The molecule has 2 aromatic heterocycles. The highest BCUT2D eigenvalue weighted by Crippen LogP contribution is 2.17. The third-order valence-corrected chi connectivity index (χ3v) is 4.58. The van der Waals surface area contributed by atoms with Crippen molar-refractivity contribution in [3.05, 3.63) is 53.3 Å². The summed E-state index contributed by atoms with van der Waals surface area (Å²) < 4.78 is 33.0. The van der Waals surface area contributed by atoms with E-state index >= 15 is 0 Å². The maximum atomic E-state index is 12.0. The fourth-order valence-corrected chi connectivity index (χ4v) is 2.85. The summed E-state index contributed by atoms with van der Waals surface area (Å²) in [7, 11) is -3.51. The summed E-state index contributed by atoms with van der Waals surface area (Å²) in [5, 5.41) is 0.943. The number of hydrogen-bond acceptors (Lipinski definition) is 4. The van der Waals surface area contributed by atoms with Gasteiger partial charge < -0.3 is 8.98 Å². The van der Waals surface area contributed by atoms with Crippen molar-refractivity contribution in [1.82, 2.24) is 13.9 Å². The average Bonchev–Trinajstić information content (AvgIpc) is 3.06. The Morgan fingerprint density at radius 1 is 1.50 bits per heavy atom. The summed E-state index contributed by atoms with van der Waals surface area (Å²) in [5.74, 6) is 0.563. The molecule has 0 amide bonds. The Morgan fingerprint density at radius 3 is 2.85 bits per heavy atom. The zero-order chi connectivity index (χ0) is 14.6. The molecule has 0 saturated heterocycles. The molecule has 0 N–H and O–H groups in total. The smallest absolute Gasteiger partial charge is 0.236 e. The van der Waals surface area contributed by atoms with Crippen molar-refractivity contribution in [2.75, 3.05) is 6.54 Å². The fourth-order valence-electron chi connectivity index (χ4n) is 1.66. The van der Waals surface area contributed by atoms with E-state index in [2.05, 4.69) is 27.5 Å². The third kappa shape index (κ3) is 3.81. The van der Waals surface area contributed by atoms with Crippen LogP contribution in [0.5, 0.6) is 0 Å². The highest BCUT2D eigenvalue weighted by atomic mass is 79.9. The van der Waals surface area contributed by atoms with Gasteiger partial charge in [-0.2, -0.15) is 4.31 Å².